The first-order chi connectivity index (χ1) is 6.07. The molecule has 0 saturated carbocycles. The van der Waals surface area contributed by atoms with Crippen molar-refractivity contribution in [1.82, 2.24) is 5.32 Å². The molecule has 1 atom stereocenters. The molecule has 0 saturated heterocycles. The second-order valence-electron chi connectivity index (χ2n) is 2.48. The predicted octanol–water partition coefficient (Wildman–Crippen LogP) is -1.45. The lowest BCUT2D eigenvalue weighted by Crippen LogP contribution is -2.35. The Morgan fingerprint density at radius 3 is 2.69 bits per heavy atom. The second-order valence-corrected chi connectivity index (χ2v) is 2.48. The maximum atomic E-state index is 10.9. The van der Waals surface area contributed by atoms with Crippen LogP contribution in [0.2, 0.25) is 0 Å². The molecule has 0 rings (SSSR count). The molecule has 76 valence electrons. The van der Waals surface area contributed by atoms with E-state index in [1.807, 2.05) is 0 Å². The van der Waals surface area contributed by atoms with Gasteiger partial charge in [0.25, 0.3) is 0 Å². The van der Waals surface area contributed by atoms with Crippen molar-refractivity contribution in [3.63, 3.8) is 0 Å². The van der Waals surface area contributed by atoms with E-state index in [9.17, 15) is 9.59 Å². The largest absolute Gasteiger partial charge is 0.481 e. The number of esters is 1. The van der Waals surface area contributed by atoms with Gasteiger partial charge in [-0.15, -0.1) is 0 Å². The third-order valence-electron chi connectivity index (χ3n) is 1.29. The van der Waals surface area contributed by atoms with E-state index in [0.29, 0.717) is 6.54 Å². The van der Waals surface area contributed by atoms with Gasteiger partial charge in [0, 0.05) is 6.54 Å². The highest BCUT2D eigenvalue weighted by Gasteiger charge is 2.17. The zero-order chi connectivity index (χ0) is 10.3. The summed E-state index contributed by atoms with van der Waals surface area (Å²) in [4.78, 5) is 21.1. The Morgan fingerprint density at radius 2 is 2.23 bits per heavy atom. The Balaban J connectivity index is 3.63. The molecule has 0 unspecified atom stereocenters. The average Bonchev–Trinajstić information content (AvgIpc) is 2.03. The highest BCUT2D eigenvalue weighted by Crippen LogP contribution is 1.91. The second kappa shape index (κ2) is 6.38. The molecule has 6 nitrogen and oxygen atoms in total. The van der Waals surface area contributed by atoms with Crippen LogP contribution in [0.15, 0.2) is 0 Å². The molecule has 13 heavy (non-hydrogen) atoms. The minimum absolute atomic E-state index is 0.197. The van der Waals surface area contributed by atoms with E-state index in [1.54, 1.807) is 7.05 Å². The maximum absolute atomic E-state index is 10.9. The first kappa shape index (κ1) is 11.9. The number of hydrogen-bond acceptors (Lipinski definition) is 5. The lowest BCUT2D eigenvalue weighted by atomic mass is 10.2. The Kier molecular flexibility index (Phi) is 5.82. The standard InChI is InChI=1S/C7H14N2O4/c1-9-2-3-13-7(12)5(8)4-6(10)11/h5,9H,2-4,8H2,1H3,(H,10,11)/t5-/m0/s1. The fourth-order valence-electron chi connectivity index (χ4n) is 0.632. The topological polar surface area (TPSA) is 102 Å². The van der Waals surface area contributed by atoms with Gasteiger partial charge in [0.1, 0.15) is 12.6 Å². The van der Waals surface area contributed by atoms with Crippen LogP contribution in [0, 0.1) is 0 Å². The van der Waals surface area contributed by atoms with E-state index in [-0.39, 0.29) is 6.61 Å². The molecule has 0 spiro atoms. The van der Waals surface area contributed by atoms with Crippen molar-refractivity contribution in [3.8, 4) is 0 Å². The van der Waals surface area contributed by atoms with Gasteiger partial charge in [0.05, 0.1) is 6.42 Å². The molecule has 0 aliphatic heterocycles. The Morgan fingerprint density at radius 1 is 1.62 bits per heavy atom. The first-order valence-corrected chi connectivity index (χ1v) is 3.86. The van der Waals surface area contributed by atoms with Gasteiger partial charge in [0.15, 0.2) is 0 Å². The summed E-state index contributed by atoms with van der Waals surface area (Å²) in [5, 5.41) is 11.1. The summed E-state index contributed by atoms with van der Waals surface area (Å²) in [6, 6.07) is -1.07. The number of ether oxygens (including phenoxy) is 1. The molecular formula is C7H14N2O4. The van der Waals surface area contributed by atoms with E-state index in [4.69, 9.17) is 10.8 Å². The summed E-state index contributed by atoms with van der Waals surface area (Å²) >= 11 is 0. The normalized spacial score (nSPS) is 12.2. The number of carbonyl (C=O) groups excluding carboxylic acids is 1. The molecule has 0 aromatic heterocycles. The lowest BCUT2D eigenvalue weighted by molar-refractivity contribution is -0.149. The van der Waals surface area contributed by atoms with Gasteiger partial charge in [-0.1, -0.05) is 0 Å². The average molecular weight is 190 g/mol. The van der Waals surface area contributed by atoms with Crippen LogP contribution in [0.3, 0.4) is 0 Å². The summed E-state index contributed by atoms with van der Waals surface area (Å²) in [7, 11) is 1.71. The molecular weight excluding hydrogens is 176 g/mol. The monoisotopic (exact) mass is 190 g/mol. The van der Waals surface area contributed by atoms with Crippen molar-refractivity contribution in [2.45, 2.75) is 12.5 Å². The summed E-state index contributed by atoms with van der Waals surface area (Å²) in [6.45, 7) is 0.716. The number of nitrogens with one attached hydrogen (secondary N) is 1. The molecule has 0 fully saturated rings. The van der Waals surface area contributed by atoms with Crippen molar-refractivity contribution in [2.75, 3.05) is 20.2 Å². The summed E-state index contributed by atoms with van der Waals surface area (Å²) < 4.78 is 4.66. The zero-order valence-corrected chi connectivity index (χ0v) is 7.45. The summed E-state index contributed by atoms with van der Waals surface area (Å²) in [5.74, 6) is -1.80. The minimum Gasteiger partial charge on any atom is -0.481 e. The van der Waals surface area contributed by atoms with E-state index < -0.39 is 24.4 Å². The molecule has 0 aliphatic rings. The Bertz CT molecular complexity index is 183. The van der Waals surface area contributed by atoms with Gasteiger partial charge >= 0.3 is 11.9 Å². The molecule has 0 aliphatic carbocycles. The van der Waals surface area contributed by atoms with Crippen LogP contribution in [-0.2, 0) is 14.3 Å². The van der Waals surface area contributed by atoms with Crippen LogP contribution < -0.4 is 11.1 Å². The fraction of sp³-hybridized carbons (Fsp3) is 0.714. The van der Waals surface area contributed by atoms with E-state index >= 15 is 0 Å². The van der Waals surface area contributed by atoms with Gasteiger partial charge in [-0.3, -0.25) is 9.59 Å². The molecule has 0 aromatic carbocycles. The van der Waals surface area contributed by atoms with Crippen molar-refractivity contribution < 1.29 is 19.4 Å². The van der Waals surface area contributed by atoms with Crippen molar-refractivity contribution >= 4 is 11.9 Å². The Hall–Kier alpha value is -1.14. The third-order valence-corrected chi connectivity index (χ3v) is 1.29. The number of carboxylic acid groups (broad SMARTS) is 1. The van der Waals surface area contributed by atoms with Crippen LogP contribution in [-0.4, -0.2) is 43.3 Å². The van der Waals surface area contributed by atoms with Gasteiger partial charge in [0.2, 0.25) is 0 Å². The van der Waals surface area contributed by atoms with E-state index in [2.05, 4.69) is 10.1 Å². The molecule has 0 heterocycles. The number of rotatable bonds is 6. The van der Waals surface area contributed by atoms with Crippen molar-refractivity contribution in [3.05, 3.63) is 0 Å². The Labute approximate surface area is 76.0 Å². The molecule has 0 bridgehead atoms. The van der Waals surface area contributed by atoms with Crippen molar-refractivity contribution in [1.29, 1.82) is 0 Å². The van der Waals surface area contributed by atoms with Crippen LogP contribution in [0.5, 0.6) is 0 Å². The van der Waals surface area contributed by atoms with Crippen LogP contribution in [0.4, 0.5) is 0 Å². The predicted molar refractivity (Wildman–Crippen MR) is 45.1 cm³/mol. The number of aliphatic carboxylic acids is 1. The van der Waals surface area contributed by atoms with E-state index in [0.717, 1.165) is 0 Å². The zero-order valence-electron chi connectivity index (χ0n) is 7.45. The quantitative estimate of drug-likeness (QED) is 0.350. The minimum atomic E-state index is -1.11. The van der Waals surface area contributed by atoms with Crippen LogP contribution in [0.25, 0.3) is 0 Å². The molecule has 6 heteroatoms. The van der Waals surface area contributed by atoms with Crippen molar-refractivity contribution in [2.24, 2.45) is 5.73 Å². The van der Waals surface area contributed by atoms with Crippen LogP contribution >= 0.6 is 0 Å². The fourth-order valence-corrected chi connectivity index (χ4v) is 0.632. The summed E-state index contributed by atoms with van der Waals surface area (Å²) in [5.41, 5.74) is 5.22. The first-order valence-electron chi connectivity index (χ1n) is 3.86. The van der Waals surface area contributed by atoms with Crippen LogP contribution in [0.1, 0.15) is 6.42 Å². The SMILES string of the molecule is CNCCOC(=O)[C@@H](N)CC(=O)O. The highest BCUT2D eigenvalue weighted by molar-refractivity contribution is 5.81. The number of carbonyl (C=O) groups is 2. The molecule has 4 N–H and O–H groups in total. The highest BCUT2D eigenvalue weighted by atomic mass is 16.5. The number of hydrogen-bond donors (Lipinski definition) is 3. The van der Waals surface area contributed by atoms with Gasteiger partial charge in [-0.25, -0.2) is 0 Å². The lowest BCUT2D eigenvalue weighted by Gasteiger charge is -2.08. The van der Waals surface area contributed by atoms with Gasteiger partial charge in [-0.2, -0.15) is 0 Å². The number of likely N-dealkylation sites (N-methyl/N-ethyl adjacent to an activating group) is 1. The number of nitrogens with two attached hydrogens (primary N) is 1. The molecule has 0 amide bonds. The van der Waals surface area contributed by atoms with Gasteiger partial charge < -0.3 is 20.9 Å². The molecule has 0 radical (unpaired) electrons. The summed E-state index contributed by atoms with van der Waals surface area (Å²) in [6.07, 6.45) is -0.404. The number of carboxylic acids is 1. The van der Waals surface area contributed by atoms with E-state index in [1.165, 1.54) is 0 Å². The molecule has 0 aromatic rings. The smallest absolute Gasteiger partial charge is 0.323 e. The van der Waals surface area contributed by atoms with Gasteiger partial charge in [-0.05, 0) is 7.05 Å². The maximum Gasteiger partial charge on any atom is 0.323 e. The third kappa shape index (κ3) is 6.06.